The molecule has 1 aliphatic heterocycles. The van der Waals surface area contributed by atoms with Crippen molar-refractivity contribution in [2.75, 3.05) is 31.6 Å². The van der Waals surface area contributed by atoms with Crippen LogP contribution in [0.3, 0.4) is 0 Å². The molecule has 1 heterocycles. The van der Waals surface area contributed by atoms with Crippen LogP contribution in [0.15, 0.2) is 59.6 Å². The van der Waals surface area contributed by atoms with Crippen molar-refractivity contribution >= 4 is 17.6 Å². The Morgan fingerprint density at radius 3 is 2.72 bits per heavy atom. The molecule has 1 fully saturated rings. The number of hydrogen-bond acceptors (Lipinski definition) is 3. The Bertz CT molecular complexity index is 869. The van der Waals surface area contributed by atoms with Gasteiger partial charge in [-0.25, -0.2) is 4.99 Å². The quantitative estimate of drug-likeness (QED) is 0.427. The highest BCUT2D eigenvalue weighted by molar-refractivity contribution is 5.90. The molecule has 0 bridgehead atoms. The molecule has 32 heavy (non-hydrogen) atoms. The van der Waals surface area contributed by atoms with Crippen LogP contribution in [-0.2, 0) is 22.7 Å². The smallest absolute Gasteiger partial charge is 0.224 e. The molecule has 3 rings (SSSR count). The molecule has 1 aliphatic rings. The van der Waals surface area contributed by atoms with E-state index in [0.29, 0.717) is 25.5 Å². The molecular formula is C26H36N4O2. The number of aliphatic imine (C=N–C) groups is 1. The maximum absolute atomic E-state index is 11.9. The fourth-order valence-electron chi connectivity index (χ4n) is 3.87. The molecule has 2 N–H and O–H groups in total. The third-order valence-corrected chi connectivity index (χ3v) is 5.48. The van der Waals surface area contributed by atoms with E-state index in [9.17, 15) is 4.79 Å². The van der Waals surface area contributed by atoms with Gasteiger partial charge in [-0.3, -0.25) is 4.79 Å². The van der Waals surface area contributed by atoms with Crippen molar-refractivity contribution in [2.45, 2.75) is 46.3 Å². The van der Waals surface area contributed by atoms with E-state index in [4.69, 9.17) is 9.73 Å². The van der Waals surface area contributed by atoms with Gasteiger partial charge in [0.15, 0.2) is 5.96 Å². The summed E-state index contributed by atoms with van der Waals surface area (Å²) in [6.45, 7) is 8.87. The highest BCUT2D eigenvalue weighted by Gasteiger charge is 2.25. The Morgan fingerprint density at radius 2 is 1.94 bits per heavy atom. The first-order valence-corrected chi connectivity index (χ1v) is 11.7. The number of ether oxygens (including phenoxy) is 1. The van der Waals surface area contributed by atoms with Gasteiger partial charge in [0.25, 0.3) is 0 Å². The van der Waals surface area contributed by atoms with Crippen molar-refractivity contribution in [1.82, 2.24) is 10.2 Å². The van der Waals surface area contributed by atoms with Gasteiger partial charge in [-0.15, -0.1) is 0 Å². The minimum atomic E-state index is 0.0547. The maximum atomic E-state index is 11.9. The topological polar surface area (TPSA) is 66.0 Å². The minimum absolute atomic E-state index is 0.0547. The Morgan fingerprint density at radius 1 is 1.12 bits per heavy atom. The standard InChI is InChI=1S/C26H36N4O2/c1-3-9-25(31)29-24-13-8-12-22(16-24)17-28-26(27-4-2)30-15-14-23(18-30)20-32-19-21-10-6-5-7-11-21/h5-8,10-13,16,23H,3-4,9,14-15,17-20H2,1-2H3,(H,27,28)(H,29,31). The van der Waals surface area contributed by atoms with Crippen LogP contribution in [0.25, 0.3) is 0 Å². The summed E-state index contributed by atoms with van der Waals surface area (Å²) in [5.41, 5.74) is 3.12. The first-order chi connectivity index (χ1) is 15.7. The molecule has 172 valence electrons. The van der Waals surface area contributed by atoms with Crippen LogP contribution in [0, 0.1) is 5.92 Å². The number of nitrogens with zero attached hydrogens (tertiary/aromatic N) is 2. The second kappa shape index (κ2) is 12.9. The van der Waals surface area contributed by atoms with E-state index >= 15 is 0 Å². The zero-order valence-corrected chi connectivity index (χ0v) is 19.3. The molecule has 1 unspecified atom stereocenters. The predicted molar refractivity (Wildman–Crippen MR) is 131 cm³/mol. The zero-order chi connectivity index (χ0) is 22.6. The maximum Gasteiger partial charge on any atom is 0.224 e. The molecule has 6 nitrogen and oxygen atoms in total. The van der Waals surface area contributed by atoms with Crippen LogP contribution >= 0.6 is 0 Å². The predicted octanol–water partition coefficient (Wildman–Crippen LogP) is 4.43. The number of nitrogens with one attached hydrogen (secondary N) is 2. The van der Waals surface area contributed by atoms with Crippen molar-refractivity contribution in [3.63, 3.8) is 0 Å². The van der Waals surface area contributed by atoms with Gasteiger partial charge < -0.3 is 20.3 Å². The average molecular weight is 437 g/mol. The zero-order valence-electron chi connectivity index (χ0n) is 19.3. The fourth-order valence-corrected chi connectivity index (χ4v) is 3.87. The van der Waals surface area contributed by atoms with Crippen molar-refractivity contribution in [1.29, 1.82) is 0 Å². The Kier molecular flexibility index (Phi) is 9.57. The Labute approximate surface area is 192 Å². The van der Waals surface area contributed by atoms with Crippen molar-refractivity contribution in [3.8, 4) is 0 Å². The van der Waals surface area contributed by atoms with Crippen LogP contribution in [0.5, 0.6) is 0 Å². The lowest BCUT2D eigenvalue weighted by Gasteiger charge is -2.22. The van der Waals surface area contributed by atoms with E-state index in [1.807, 2.05) is 49.4 Å². The summed E-state index contributed by atoms with van der Waals surface area (Å²) >= 11 is 0. The van der Waals surface area contributed by atoms with Crippen LogP contribution in [0.1, 0.15) is 44.2 Å². The molecular weight excluding hydrogens is 400 g/mol. The molecule has 1 atom stereocenters. The molecule has 1 saturated heterocycles. The molecule has 0 radical (unpaired) electrons. The number of anilines is 1. The highest BCUT2D eigenvalue weighted by atomic mass is 16.5. The van der Waals surface area contributed by atoms with Gasteiger partial charge in [-0.2, -0.15) is 0 Å². The minimum Gasteiger partial charge on any atom is -0.376 e. The fraction of sp³-hybridized carbons (Fsp3) is 0.462. The van der Waals surface area contributed by atoms with E-state index in [1.54, 1.807) is 0 Å². The van der Waals surface area contributed by atoms with E-state index in [0.717, 1.165) is 56.3 Å². The number of guanidine groups is 1. The normalized spacial score (nSPS) is 16.2. The van der Waals surface area contributed by atoms with E-state index in [1.165, 1.54) is 5.56 Å². The second-order valence-corrected chi connectivity index (χ2v) is 8.27. The largest absolute Gasteiger partial charge is 0.376 e. The third kappa shape index (κ3) is 7.68. The van der Waals surface area contributed by atoms with Gasteiger partial charge in [-0.1, -0.05) is 49.4 Å². The first-order valence-electron chi connectivity index (χ1n) is 11.7. The number of carbonyl (C=O) groups excluding carboxylic acids is 1. The number of benzene rings is 2. The molecule has 6 heteroatoms. The average Bonchev–Trinajstić information content (AvgIpc) is 3.26. The lowest BCUT2D eigenvalue weighted by molar-refractivity contribution is -0.116. The summed E-state index contributed by atoms with van der Waals surface area (Å²) < 4.78 is 5.96. The van der Waals surface area contributed by atoms with Crippen molar-refractivity contribution < 1.29 is 9.53 Å². The molecule has 2 aromatic carbocycles. The van der Waals surface area contributed by atoms with Gasteiger partial charge in [0, 0.05) is 37.7 Å². The monoisotopic (exact) mass is 436 g/mol. The van der Waals surface area contributed by atoms with Gasteiger partial charge in [0.1, 0.15) is 0 Å². The molecule has 0 aromatic heterocycles. The summed E-state index contributed by atoms with van der Waals surface area (Å²) in [4.78, 5) is 19.1. The van der Waals surface area contributed by atoms with Gasteiger partial charge in [0.2, 0.25) is 5.91 Å². The Hall–Kier alpha value is -2.86. The lowest BCUT2D eigenvalue weighted by atomic mass is 10.1. The van der Waals surface area contributed by atoms with Crippen LogP contribution in [0.2, 0.25) is 0 Å². The second-order valence-electron chi connectivity index (χ2n) is 8.27. The molecule has 0 saturated carbocycles. The molecule has 0 spiro atoms. The Balaban J connectivity index is 1.52. The number of amides is 1. The lowest BCUT2D eigenvalue weighted by Crippen LogP contribution is -2.40. The van der Waals surface area contributed by atoms with Gasteiger partial charge in [0.05, 0.1) is 19.8 Å². The summed E-state index contributed by atoms with van der Waals surface area (Å²) in [6.07, 6.45) is 2.49. The molecule has 0 aliphatic carbocycles. The summed E-state index contributed by atoms with van der Waals surface area (Å²) in [5, 5.41) is 6.39. The summed E-state index contributed by atoms with van der Waals surface area (Å²) in [6, 6.07) is 18.3. The van der Waals surface area contributed by atoms with Crippen molar-refractivity contribution in [2.24, 2.45) is 10.9 Å². The molecule has 2 aromatic rings. The van der Waals surface area contributed by atoms with Crippen LogP contribution in [0.4, 0.5) is 5.69 Å². The third-order valence-electron chi connectivity index (χ3n) is 5.48. The van der Waals surface area contributed by atoms with Gasteiger partial charge >= 0.3 is 0 Å². The first kappa shape index (κ1) is 23.8. The van der Waals surface area contributed by atoms with Crippen LogP contribution < -0.4 is 10.6 Å². The highest BCUT2D eigenvalue weighted by Crippen LogP contribution is 2.18. The van der Waals surface area contributed by atoms with E-state index < -0.39 is 0 Å². The number of hydrogen-bond donors (Lipinski definition) is 2. The van der Waals surface area contributed by atoms with Gasteiger partial charge in [-0.05, 0) is 43.0 Å². The summed E-state index contributed by atoms with van der Waals surface area (Å²) in [7, 11) is 0. The molecule has 1 amide bonds. The number of likely N-dealkylation sites (tertiary alicyclic amines) is 1. The van der Waals surface area contributed by atoms with Crippen molar-refractivity contribution in [3.05, 3.63) is 65.7 Å². The van der Waals surface area contributed by atoms with Crippen LogP contribution in [-0.4, -0.2) is 43.0 Å². The number of carbonyl (C=O) groups is 1. The van der Waals surface area contributed by atoms with E-state index in [2.05, 4.69) is 34.6 Å². The van der Waals surface area contributed by atoms with E-state index in [-0.39, 0.29) is 5.91 Å². The SMILES string of the molecule is CCCC(=O)Nc1cccc(CN=C(NCC)N2CCC(COCc3ccccc3)C2)c1. The number of rotatable bonds is 10. The summed E-state index contributed by atoms with van der Waals surface area (Å²) in [5.74, 6) is 1.51.